The molecule has 0 saturated carbocycles. The van der Waals surface area contributed by atoms with E-state index in [4.69, 9.17) is 5.11 Å². The number of carbonyl (C=O) groups is 1. The van der Waals surface area contributed by atoms with Gasteiger partial charge in [-0.25, -0.2) is 4.79 Å². The number of hydrogen-bond donors (Lipinski definition) is 2. The van der Waals surface area contributed by atoms with Crippen LogP contribution in [0.1, 0.15) is 26.2 Å². The molecule has 3 nitrogen and oxygen atoms in total. The largest absolute Gasteiger partial charge is 0.472 e. The average molecular weight is 182 g/mol. The third kappa shape index (κ3) is 8.64. The van der Waals surface area contributed by atoms with Gasteiger partial charge in [0.1, 0.15) is 0 Å². The molecule has 2 N–H and O–H groups in total. The van der Waals surface area contributed by atoms with E-state index in [1.54, 1.807) is 0 Å². The lowest BCUT2D eigenvalue weighted by Crippen LogP contribution is -2.03. The highest BCUT2D eigenvalue weighted by Crippen LogP contribution is 1.98. The van der Waals surface area contributed by atoms with E-state index >= 15 is 0 Å². The van der Waals surface area contributed by atoms with E-state index in [-0.39, 0.29) is 6.42 Å². The molecule has 13 heavy (non-hydrogen) atoms. The van der Waals surface area contributed by atoms with Crippen molar-refractivity contribution in [1.82, 2.24) is 0 Å². The Bertz CT molecular complexity index is 232. The molecule has 1 atom stereocenters. The summed E-state index contributed by atoms with van der Waals surface area (Å²) in [7, 11) is 0. The molecule has 0 saturated heterocycles. The molecule has 1 unspecified atom stereocenters. The van der Waals surface area contributed by atoms with E-state index in [9.17, 15) is 9.90 Å². The molecular weight excluding hydrogens is 168 g/mol. The van der Waals surface area contributed by atoms with Gasteiger partial charge in [-0.15, -0.1) is 0 Å². The number of aliphatic hydroxyl groups excluding tert-OH is 1. The van der Waals surface area contributed by atoms with Crippen LogP contribution in [0.2, 0.25) is 0 Å². The van der Waals surface area contributed by atoms with E-state index in [1.165, 1.54) is 0 Å². The molecule has 3 heteroatoms. The molecule has 0 amide bonds. The van der Waals surface area contributed by atoms with Gasteiger partial charge in [-0.05, 0) is 12.8 Å². The normalized spacial score (nSPS) is 12.2. The Kier molecular flexibility index (Phi) is 6.66. The molecule has 0 aliphatic carbocycles. The van der Waals surface area contributed by atoms with Crippen molar-refractivity contribution in [1.29, 1.82) is 0 Å². The molecule has 0 aliphatic rings. The summed E-state index contributed by atoms with van der Waals surface area (Å²) >= 11 is 0. The second-order valence-corrected chi connectivity index (χ2v) is 2.58. The van der Waals surface area contributed by atoms with Crippen molar-refractivity contribution in [3.63, 3.8) is 0 Å². The molecule has 0 spiro atoms. The maximum atomic E-state index is 9.97. The Balaban J connectivity index is 3.64. The van der Waals surface area contributed by atoms with E-state index in [0.717, 1.165) is 6.42 Å². The van der Waals surface area contributed by atoms with Crippen molar-refractivity contribution in [2.45, 2.75) is 32.3 Å². The van der Waals surface area contributed by atoms with Crippen LogP contribution >= 0.6 is 0 Å². The number of aliphatic hydroxyl groups is 1. The van der Waals surface area contributed by atoms with Gasteiger partial charge in [-0.3, -0.25) is 0 Å². The van der Waals surface area contributed by atoms with Crippen LogP contribution in [-0.4, -0.2) is 22.3 Å². The summed E-state index contributed by atoms with van der Waals surface area (Å²) in [6, 6.07) is 0. The van der Waals surface area contributed by atoms with Gasteiger partial charge in [0.2, 0.25) is 0 Å². The molecule has 0 aliphatic heterocycles. The number of carboxylic acid groups (broad SMARTS) is 1. The quantitative estimate of drug-likeness (QED) is 0.507. The van der Waals surface area contributed by atoms with Crippen molar-refractivity contribution in [2.75, 3.05) is 0 Å². The zero-order valence-corrected chi connectivity index (χ0v) is 7.66. The van der Waals surface area contributed by atoms with Crippen LogP contribution in [0.15, 0.2) is 12.2 Å². The van der Waals surface area contributed by atoms with Crippen LogP contribution in [0.4, 0.5) is 0 Å². The first-order valence-corrected chi connectivity index (χ1v) is 4.21. The second kappa shape index (κ2) is 7.38. The molecular formula is C10H14O3. The van der Waals surface area contributed by atoms with Crippen molar-refractivity contribution < 1.29 is 15.0 Å². The molecule has 0 radical (unpaired) electrons. The number of carboxylic acids is 1. The maximum absolute atomic E-state index is 9.97. The Morgan fingerprint density at radius 2 is 2.23 bits per heavy atom. The van der Waals surface area contributed by atoms with Crippen LogP contribution < -0.4 is 0 Å². The molecule has 0 rings (SSSR count). The summed E-state index contributed by atoms with van der Waals surface area (Å²) in [6.07, 6.45) is 4.94. The lowest BCUT2D eigenvalue weighted by atomic mass is 10.2. The minimum Gasteiger partial charge on any atom is -0.472 e. The van der Waals surface area contributed by atoms with E-state index in [1.807, 2.05) is 25.0 Å². The highest BCUT2D eigenvalue weighted by Gasteiger charge is 1.97. The molecule has 0 aromatic rings. The molecule has 0 fully saturated rings. The summed E-state index contributed by atoms with van der Waals surface area (Å²) in [6.45, 7) is 2.01. The standard InChI is InChI=1S/C10H14O3/c1-2-3-4-6-9(11)7-5-8-10(12)13/h3-4,9,11H,2,6-7H2,1H3,(H,12,13)/b4-3+. The fourth-order valence-corrected chi connectivity index (χ4v) is 0.748. The van der Waals surface area contributed by atoms with Crippen molar-refractivity contribution >= 4 is 5.97 Å². The fourth-order valence-electron chi connectivity index (χ4n) is 0.748. The lowest BCUT2D eigenvalue weighted by molar-refractivity contribution is -0.130. The number of allylic oxidation sites excluding steroid dienone is 1. The highest BCUT2D eigenvalue weighted by atomic mass is 16.4. The van der Waals surface area contributed by atoms with Crippen LogP contribution in [0.5, 0.6) is 0 Å². The van der Waals surface area contributed by atoms with E-state index < -0.39 is 12.1 Å². The Hall–Kier alpha value is -1.27. The Morgan fingerprint density at radius 3 is 2.77 bits per heavy atom. The van der Waals surface area contributed by atoms with E-state index in [0.29, 0.717) is 6.42 Å². The molecule has 72 valence electrons. The van der Waals surface area contributed by atoms with Crippen molar-refractivity contribution in [2.24, 2.45) is 0 Å². The Labute approximate surface area is 78.1 Å². The molecule has 0 aromatic heterocycles. The monoisotopic (exact) mass is 182 g/mol. The predicted octanol–water partition coefficient (Wildman–Crippen LogP) is 1.18. The SMILES string of the molecule is CC/C=C/CC(O)CC#CC(=O)O. The summed E-state index contributed by atoms with van der Waals surface area (Å²) in [5, 5.41) is 17.4. The predicted molar refractivity (Wildman–Crippen MR) is 50.1 cm³/mol. The van der Waals surface area contributed by atoms with Gasteiger partial charge in [0, 0.05) is 12.3 Å². The summed E-state index contributed by atoms with van der Waals surface area (Å²) < 4.78 is 0. The van der Waals surface area contributed by atoms with E-state index in [2.05, 4.69) is 5.92 Å². The third-order valence-corrected chi connectivity index (χ3v) is 1.34. The zero-order valence-electron chi connectivity index (χ0n) is 7.66. The average Bonchev–Trinajstić information content (AvgIpc) is 2.04. The van der Waals surface area contributed by atoms with Crippen LogP contribution in [0.25, 0.3) is 0 Å². The Morgan fingerprint density at radius 1 is 1.54 bits per heavy atom. The van der Waals surface area contributed by atoms with Gasteiger partial charge >= 0.3 is 5.97 Å². The molecule has 0 heterocycles. The van der Waals surface area contributed by atoms with Crippen molar-refractivity contribution in [3.8, 4) is 11.8 Å². The third-order valence-electron chi connectivity index (χ3n) is 1.34. The minimum absolute atomic E-state index is 0.209. The summed E-state index contributed by atoms with van der Waals surface area (Å²) in [5.41, 5.74) is 0. The van der Waals surface area contributed by atoms with Gasteiger partial charge in [0.25, 0.3) is 0 Å². The first kappa shape index (κ1) is 11.7. The zero-order chi connectivity index (χ0) is 10.1. The van der Waals surface area contributed by atoms with Gasteiger partial charge in [0.15, 0.2) is 0 Å². The van der Waals surface area contributed by atoms with Gasteiger partial charge in [0.05, 0.1) is 6.10 Å². The second-order valence-electron chi connectivity index (χ2n) is 2.58. The molecule has 0 aromatic carbocycles. The fraction of sp³-hybridized carbons (Fsp3) is 0.500. The lowest BCUT2D eigenvalue weighted by Gasteiger charge is -2.00. The summed E-state index contributed by atoms with van der Waals surface area (Å²) in [4.78, 5) is 9.97. The smallest absolute Gasteiger partial charge is 0.381 e. The first-order chi connectivity index (χ1) is 6.16. The van der Waals surface area contributed by atoms with Crippen LogP contribution in [-0.2, 0) is 4.79 Å². The van der Waals surface area contributed by atoms with Gasteiger partial charge in [-0.1, -0.05) is 25.0 Å². The van der Waals surface area contributed by atoms with Gasteiger partial charge in [-0.2, -0.15) is 0 Å². The van der Waals surface area contributed by atoms with Crippen molar-refractivity contribution in [3.05, 3.63) is 12.2 Å². The van der Waals surface area contributed by atoms with Crippen LogP contribution in [0, 0.1) is 11.8 Å². The maximum Gasteiger partial charge on any atom is 0.381 e. The number of rotatable bonds is 4. The van der Waals surface area contributed by atoms with Crippen LogP contribution in [0.3, 0.4) is 0 Å². The van der Waals surface area contributed by atoms with Gasteiger partial charge < -0.3 is 10.2 Å². The number of aliphatic carboxylic acids is 1. The summed E-state index contributed by atoms with van der Waals surface area (Å²) in [5.74, 6) is 3.17. The molecule has 0 bridgehead atoms. The first-order valence-electron chi connectivity index (χ1n) is 4.21. The minimum atomic E-state index is -1.16. The number of hydrogen-bond acceptors (Lipinski definition) is 2. The highest BCUT2D eigenvalue weighted by molar-refractivity contribution is 5.86. The topological polar surface area (TPSA) is 57.5 Å².